The minimum Gasteiger partial charge on any atom is -0.342 e. The van der Waals surface area contributed by atoms with Gasteiger partial charge in [-0.05, 0) is 62.1 Å². The van der Waals surface area contributed by atoms with Crippen LogP contribution in [0.3, 0.4) is 0 Å². The number of imidazole rings is 1. The van der Waals surface area contributed by atoms with Crippen LogP contribution in [0.1, 0.15) is 29.2 Å². The molecule has 1 aliphatic rings. The lowest BCUT2D eigenvalue weighted by Crippen LogP contribution is -2.34. The molecule has 5 rings (SSSR count). The van der Waals surface area contributed by atoms with E-state index in [0.29, 0.717) is 23.2 Å². The van der Waals surface area contributed by atoms with Crippen molar-refractivity contribution >= 4 is 34.2 Å². The molecule has 0 atom stereocenters. The summed E-state index contributed by atoms with van der Waals surface area (Å²) in [6, 6.07) is 15.3. The molecule has 2 aromatic carbocycles. The van der Waals surface area contributed by atoms with Crippen molar-refractivity contribution in [3.8, 4) is 11.3 Å². The van der Waals surface area contributed by atoms with Crippen LogP contribution in [0.15, 0.2) is 48.5 Å². The third-order valence-electron chi connectivity index (χ3n) is 5.52. The molecule has 0 bridgehead atoms. The van der Waals surface area contributed by atoms with Gasteiger partial charge in [0, 0.05) is 29.9 Å². The molecule has 0 aliphatic heterocycles. The Balaban J connectivity index is 1.51. The molecular formula is C23H22ClN5O. The number of carbonyl (C=O) groups excluding carboxylic acids is 1. The van der Waals surface area contributed by atoms with Crippen molar-refractivity contribution in [1.82, 2.24) is 19.7 Å². The number of amides is 1. The summed E-state index contributed by atoms with van der Waals surface area (Å²) >= 11 is 6.00. The highest BCUT2D eigenvalue weighted by molar-refractivity contribution is 6.30. The molecular weight excluding hydrogens is 398 g/mol. The van der Waals surface area contributed by atoms with Crippen molar-refractivity contribution in [2.24, 2.45) is 13.0 Å². The van der Waals surface area contributed by atoms with E-state index >= 15 is 0 Å². The number of H-pyrrole nitrogens is 1. The lowest BCUT2D eigenvalue weighted by molar-refractivity contribution is 0.0976. The maximum absolute atomic E-state index is 13.6. The van der Waals surface area contributed by atoms with Crippen LogP contribution in [0.25, 0.3) is 22.3 Å². The summed E-state index contributed by atoms with van der Waals surface area (Å²) in [6.07, 6.45) is 2.33. The van der Waals surface area contributed by atoms with Gasteiger partial charge >= 0.3 is 0 Å². The minimum absolute atomic E-state index is 0.0484. The van der Waals surface area contributed by atoms with Crippen LogP contribution in [0, 0.1) is 12.8 Å². The number of carbonyl (C=O) groups is 1. The van der Waals surface area contributed by atoms with E-state index < -0.39 is 0 Å². The topological polar surface area (TPSA) is 66.8 Å². The number of halogens is 1. The average molecular weight is 420 g/mol. The molecule has 1 saturated carbocycles. The largest absolute Gasteiger partial charge is 0.342 e. The van der Waals surface area contributed by atoms with Gasteiger partial charge in [0.05, 0.1) is 16.7 Å². The van der Waals surface area contributed by atoms with E-state index in [0.717, 1.165) is 46.6 Å². The van der Waals surface area contributed by atoms with Crippen LogP contribution in [-0.4, -0.2) is 32.2 Å². The third-order valence-corrected chi connectivity index (χ3v) is 5.77. The minimum atomic E-state index is -0.0484. The van der Waals surface area contributed by atoms with Gasteiger partial charge in [0.2, 0.25) is 0 Å². The Bertz CT molecular complexity index is 1240. The fourth-order valence-electron chi connectivity index (χ4n) is 3.72. The van der Waals surface area contributed by atoms with E-state index in [1.54, 1.807) is 4.68 Å². The van der Waals surface area contributed by atoms with Gasteiger partial charge in [0.25, 0.3) is 5.91 Å². The SMILES string of the molecule is Cc1nc2ccc(N(CC3CC3)C(=O)c3cc(-c4ccc(Cl)cc4)nn3C)cc2[nH]1. The molecule has 2 heterocycles. The summed E-state index contributed by atoms with van der Waals surface area (Å²) in [6.45, 7) is 2.64. The first kappa shape index (κ1) is 18.9. The lowest BCUT2D eigenvalue weighted by atomic mass is 10.1. The summed E-state index contributed by atoms with van der Waals surface area (Å²) in [5, 5.41) is 5.24. The zero-order valence-corrected chi connectivity index (χ0v) is 17.6. The van der Waals surface area contributed by atoms with E-state index in [4.69, 9.17) is 11.6 Å². The van der Waals surface area contributed by atoms with Gasteiger partial charge in [0.15, 0.2) is 0 Å². The van der Waals surface area contributed by atoms with E-state index in [2.05, 4.69) is 15.1 Å². The monoisotopic (exact) mass is 419 g/mol. The van der Waals surface area contributed by atoms with Crippen molar-refractivity contribution < 1.29 is 4.79 Å². The zero-order valence-electron chi connectivity index (χ0n) is 16.9. The van der Waals surface area contributed by atoms with E-state index in [1.165, 1.54) is 0 Å². The summed E-state index contributed by atoms with van der Waals surface area (Å²) in [4.78, 5) is 23.2. The molecule has 0 radical (unpaired) electrons. The number of hydrogen-bond acceptors (Lipinski definition) is 3. The Labute approximate surface area is 179 Å². The highest BCUT2D eigenvalue weighted by Gasteiger charge is 2.30. The van der Waals surface area contributed by atoms with Gasteiger partial charge in [-0.3, -0.25) is 9.48 Å². The standard InChI is InChI=1S/C23H22ClN5O/c1-14-25-19-10-9-18(11-21(19)26-14)29(13-15-3-4-15)23(30)22-12-20(27-28(22)2)16-5-7-17(24)8-6-16/h5-12,15H,3-4,13H2,1-2H3,(H,25,26). The van der Waals surface area contributed by atoms with Crippen molar-refractivity contribution in [3.63, 3.8) is 0 Å². The molecule has 2 aromatic heterocycles. The first-order valence-electron chi connectivity index (χ1n) is 10.1. The second-order valence-electron chi connectivity index (χ2n) is 7.93. The van der Waals surface area contributed by atoms with E-state index in [9.17, 15) is 4.79 Å². The Hall–Kier alpha value is -3.12. The number of fused-ring (bicyclic) bond motifs is 1. The second kappa shape index (κ2) is 7.29. The summed E-state index contributed by atoms with van der Waals surface area (Å²) in [7, 11) is 1.81. The molecule has 30 heavy (non-hydrogen) atoms. The maximum atomic E-state index is 13.6. The molecule has 1 aliphatic carbocycles. The molecule has 1 fully saturated rings. The normalized spacial score (nSPS) is 13.7. The molecule has 0 spiro atoms. The van der Waals surface area contributed by atoms with E-state index in [1.807, 2.05) is 67.4 Å². The Morgan fingerprint density at radius 2 is 1.97 bits per heavy atom. The first-order valence-corrected chi connectivity index (χ1v) is 10.4. The highest BCUT2D eigenvalue weighted by Crippen LogP contribution is 2.33. The summed E-state index contributed by atoms with van der Waals surface area (Å²) in [5.41, 5.74) is 4.95. The van der Waals surface area contributed by atoms with Crippen LogP contribution < -0.4 is 4.90 Å². The number of benzene rings is 2. The fourth-order valence-corrected chi connectivity index (χ4v) is 3.85. The quantitative estimate of drug-likeness (QED) is 0.496. The molecule has 152 valence electrons. The van der Waals surface area contributed by atoms with E-state index in [-0.39, 0.29) is 5.91 Å². The number of nitrogens with zero attached hydrogens (tertiary/aromatic N) is 4. The average Bonchev–Trinajstić information content (AvgIpc) is 3.35. The van der Waals surface area contributed by atoms with Crippen LogP contribution >= 0.6 is 11.6 Å². The summed E-state index contributed by atoms with van der Waals surface area (Å²) < 4.78 is 1.66. The molecule has 6 nitrogen and oxygen atoms in total. The number of hydrogen-bond donors (Lipinski definition) is 1. The van der Waals surface area contributed by atoms with Crippen LogP contribution in [-0.2, 0) is 7.05 Å². The predicted molar refractivity (Wildman–Crippen MR) is 119 cm³/mol. The van der Waals surface area contributed by atoms with Crippen molar-refractivity contribution in [1.29, 1.82) is 0 Å². The molecule has 7 heteroatoms. The van der Waals surface area contributed by atoms with Crippen molar-refractivity contribution in [2.45, 2.75) is 19.8 Å². The number of aryl methyl sites for hydroxylation is 2. The van der Waals surface area contributed by atoms with Crippen LogP contribution in [0.4, 0.5) is 5.69 Å². The molecule has 1 N–H and O–H groups in total. The van der Waals surface area contributed by atoms with Gasteiger partial charge in [-0.25, -0.2) is 4.98 Å². The first-order chi connectivity index (χ1) is 14.5. The Kier molecular flexibility index (Phi) is 4.59. The molecule has 0 saturated heterocycles. The number of anilines is 1. The van der Waals surface area contributed by atoms with Gasteiger partial charge < -0.3 is 9.88 Å². The van der Waals surface area contributed by atoms with Crippen molar-refractivity contribution in [3.05, 3.63) is 65.1 Å². The smallest absolute Gasteiger partial charge is 0.276 e. The second-order valence-corrected chi connectivity index (χ2v) is 8.36. The molecule has 4 aromatic rings. The number of rotatable bonds is 5. The van der Waals surface area contributed by atoms with Gasteiger partial charge in [-0.15, -0.1) is 0 Å². The molecule has 1 amide bonds. The zero-order chi connectivity index (χ0) is 20.8. The van der Waals surface area contributed by atoms with Crippen LogP contribution in [0.5, 0.6) is 0 Å². The predicted octanol–water partition coefficient (Wildman–Crippen LogP) is 4.98. The Morgan fingerprint density at radius 1 is 1.20 bits per heavy atom. The number of aromatic amines is 1. The van der Waals surface area contributed by atoms with Crippen molar-refractivity contribution in [2.75, 3.05) is 11.4 Å². The van der Waals surface area contributed by atoms with Gasteiger partial charge in [-0.2, -0.15) is 5.10 Å². The third kappa shape index (κ3) is 3.59. The number of nitrogens with one attached hydrogen (secondary N) is 1. The highest BCUT2D eigenvalue weighted by atomic mass is 35.5. The lowest BCUT2D eigenvalue weighted by Gasteiger charge is -2.23. The molecule has 0 unspecified atom stereocenters. The van der Waals surface area contributed by atoms with Gasteiger partial charge in [0.1, 0.15) is 11.5 Å². The Morgan fingerprint density at radius 3 is 2.70 bits per heavy atom. The summed E-state index contributed by atoms with van der Waals surface area (Å²) in [5.74, 6) is 1.37. The number of aromatic nitrogens is 4. The fraction of sp³-hybridized carbons (Fsp3) is 0.261. The maximum Gasteiger partial charge on any atom is 0.276 e. The van der Waals surface area contributed by atoms with Crippen LogP contribution in [0.2, 0.25) is 5.02 Å². The van der Waals surface area contributed by atoms with Gasteiger partial charge in [-0.1, -0.05) is 23.7 Å².